The molecule has 0 atom stereocenters. The number of nitrogens with zero attached hydrogens (tertiary/aromatic N) is 1. The Kier molecular flexibility index (Phi) is 4.32. The topological polar surface area (TPSA) is 3.24 Å². The van der Waals surface area contributed by atoms with Crippen molar-refractivity contribution in [2.75, 3.05) is 0 Å². The molecule has 0 aromatic heterocycles. The summed E-state index contributed by atoms with van der Waals surface area (Å²) in [5, 5.41) is 0. The SMILES string of the molecule is C=CN1C(F)(F)C(F)(F)C(F)(F)C1(F)F.FC(F)(F)F. The molecule has 0 aromatic carbocycles. The molecule has 0 aliphatic carbocycles. The van der Waals surface area contributed by atoms with Gasteiger partial charge in [0.2, 0.25) is 0 Å². The van der Waals surface area contributed by atoms with Gasteiger partial charge in [0.15, 0.2) is 0 Å². The highest BCUT2D eigenvalue weighted by molar-refractivity contribution is 5.14. The predicted octanol–water partition coefficient (Wildman–Crippen LogP) is 4.38. The van der Waals surface area contributed by atoms with E-state index >= 15 is 0 Å². The lowest BCUT2D eigenvalue weighted by Crippen LogP contribution is -2.51. The van der Waals surface area contributed by atoms with Gasteiger partial charge in [-0.05, 0) is 0 Å². The van der Waals surface area contributed by atoms with Crippen molar-refractivity contribution in [1.82, 2.24) is 4.90 Å². The third-order valence-electron chi connectivity index (χ3n) is 1.94. The normalized spacial score (nSPS) is 25.7. The van der Waals surface area contributed by atoms with Gasteiger partial charge in [-0.2, -0.15) is 35.1 Å². The number of hydrogen-bond acceptors (Lipinski definition) is 1. The molecule has 20 heavy (non-hydrogen) atoms. The third kappa shape index (κ3) is 2.61. The highest BCUT2D eigenvalue weighted by Gasteiger charge is 2.92. The van der Waals surface area contributed by atoms with Crippen LogP contribution >= 0.6 is 0 Å². The zero-order chi connectivity index (χ0) is 16.8. The molecule has 1 nitrogen and oxygen atoms in total. The largest absolute Gasteiger partial charge is 0.559 e. The maximum Gasteiger partial charge on any atom is 0.559 e. The molecule has 0 unspecified atom stereocenters. The summed E-state index contributed by atoms with van der Waals surface area (Å²) >= 11 is 0. The number of halogens is 12. The van der Waals surface area contributed by atoms with Crippen molar-refractivity contribution >= 4 is 0 Å². The van der Waals surface area contributed by atoms with E-state index in [1.54, 1.807) is 0 Å². The summed E-state index contributed by atoms with van der Waals surface area (Å²) in [6.45, 7) is 2.36. The monoisotopic (exact) mass is 329 g/mol. The summed E-state index contributed by atoms with van der Waals surface area (Å²) in [7, 11) is 0. The molecule has 0 N–H and O–H groups in total. The van der Waals surface area contributed by atoms with Crippen LogP contribution < -0.4 is 0 Å². The van der Waals surface area contributed by atoms with Crippen LogP contribution in [-0.4, -0.2) is 35.3 Å². The first kappa shape index (κ1) is 18.7. The number of likely N-dealkylation sites (tertiary alicyclic amines) is 1. The van der Waals surface area contributed by atoms with E-state index in [9.17, 15) is 52.7 Å². The summed E-state index contributed by atoms with van der Waals surface area (Å²) < 4.78 is 138. The van der Waals surface area contributed by atoms with E-state index in [1.165, 1.54) is 0 Å². The molecule has 1 heterocycles. The molecule has 1 aliphatic heterocycles. The fraction of sp³-hybridized carbons (Fsp3) is 0.714. The molecule has 1 saturated heterocycles. The van der Waals surface area contributed by atoms with Crippen LogP contribution in [0.4, 0.5) is 52.7 Å². The summed E-state index contributed by atoms with van der Waals surface area (Å²) in [6, 6.07) is -11.4. The van der Waals surface area contributed by atoms with Crippen LogP contribution in [0.25, 0.3) is 0 Å². The van der Waals surface area contributed by atoms with Gasteiger partial charge in [0.1, 0.15) is 0 Å². The first-order chi connectivity index (χ1) is 8.44. The Morgan fingerprint density at radius 2 is 0.900 bits per heavy atom. The van der Waals surface area contributed by atoms with E-state index in [1.807, 2.05) is 0 Å². The minimum atomic E-state index is -6.17. The van der Waals surface area contributed by atoms with E-state index in [-0.39, 0.29) is 0 Å². The minimum absolute atomic E-state index is 0.450. The van der Waals surface area contributed by atoms with Crippen LogP contribution in [0.15, 0.2) is 12.8 Å². The van der Waals surface area contributed by atoms with E-state index in [4.69, 9.17) is 0 Å². The third-order valence-corrected chi connectivity index (χ3v) is 1.94. The maximum atomic E-state index is 12.5. The molecule has 0 amide bonds. The van der Waals surface area contributed by atoms with Crippen LogP contribution in [-0.2, 0) is 0 Å². The standard InChI is InChI=1S/C6H3F8N.CF4/c1-2-15-5(11,12)3(7,8)4(9,10)6(15,13)14;2-1(3,4)5/h2H,1H2;. The smallest absolute Gasteiger partial charge is 0.250 e. The second kappa shape index (κ2) is 4.62. The van der Waals surface area contributed by atoms with Crippen LogP contribution in [0, 0.1) is 0 Å². The van der Waals surface area contributed by atoms with Crippen LogP contribution in [0.3, 0.4) is 0 Å². The van der Waals surface area contributed by atoms with Gasteiger partial charge in [0, 0.05) is 6.20 Å². The first-order valence-corrected chi connectivity index (χ1v) is 4.13. The van der Waals surface area contributed by atoms with Gasteiger partial charge in [-0.25, -0.2) is 4.90 Å². The molecule has 0 radical (unpaired) electrons. The van der Waals surface area contributed by atoms with Crippen molar-refractivity contribution in [2.24, 2.45) is 0 Å². The molecule has 120 valence electrons. The zero-order valence-corrected chi connectivity index (χ0v) is 8.77. The second-order valence-corrected chi connectivity index (χ2v) is 3.21. The molecule has 1 aliphatic rings. The molecule has 0 aromatic rings. The highest BCUT2D eigenvalue weighted by atomic mass is 19.5. The van der Waals surface area contributed by atoms with Crippen LogP contribution in [0.2, 0.25) is 0 Å². The second-order valence-electron chi connectivity index (χ2n) is 3.21. The Morgan fingerprint density at radius 1 is 0.700 bits per heavy atom. The Labute approximate surface area is 102 Å². The van der Waals surface area contributed by atoms with E-state index in [0.29, 0.717) is 0 Å². The minimum Gasteiger partial charge on any atom is -0.250 e. The van der Waals surface area contributed by atoms with Gasteiger partial charge in [0.25, 0.3) is 0 Å². The van der Waals surface area contributed by atoms with Crippen molar-refractivity contribution in [3.05, 3.63) is 12.8 Å². The molecule has 0 spiro atoms. The zero-order valence-electron chi connectivity index (χ0n) is 8.77. The van der Waals surface area contributed by atoms with Crippen molar-refractivity contribution < 1.29 is 52.7 Å². The van der Waals surface area contributed by atoms with Crippen molar-refractivity contribution in [2.45, 2.75) is 30.4 Å². The Hall–Kier alpha value is -1.30. The van der Waals surface area contributed by atoms with Crippen molar-refractivity contribution in [1.29, 1.82) is 0 Å². The molecule has 1 fully saturated rings. The molecule has 0 bridgehead atoms. The summed E-state index contributed by atoms with van der Waals surface area (Å²) in [5.74, 6) is -12.3. The van der Waals surface area contributed by atoms with Gasteiger partial charge in [-0.3, -0.25) is 0 Å². The molecular formula is C7H3F12N. The van der Waals surface area contributed by atoms with E-state index < -0.39 is 41.5 Å². The van der Waals surface area contributed by atoms with Gasteiger partial charge in [0.05, 0.1) is 0 Å². The lowest BCUT2D eigenvalue weighted by atomic mass is 10.2. The van der Waals surface area contributed by atoms with E-state index in [2.05, 4.69) is 6.58 Å². The van der Waals surface area contributed by atoms with Crippen LogP contribution in [0.1, 0.15) is 0 Å². The lowest BCUT2D eigenvalue weighted by molar-refractivity contribution is -0.303. The Bertz CT molecular complexity index is 336. The number of hydrogen-bond donors (Lipinski definition) is 0. The summed E-state index contributed by atoms with van der Waals surface area (Å²) in [4.78, 5) is -1.74. The quantitative estimate of drug-likeness (QED) is 0.510. The lowest BCUT2D eigenvalue weighted by Gasteiger charge is -2.25. The van der Waals surface area contributed by atoms with Gasteiger partial charge < -0.3 is 0 Å². The maximum absolute atomic E-state index is 12.5. The average molecular weight is 329 g/mol. The summed E-state index contributed by atoms with van der Waals surface area (Å²) in [5.41, 5.74) is 0. The number of rotatable bonds is 1. The number of alkyl halides is 12. The average Bonchev–Trinajstić information content (AvgIpc) is 2.19. The first-order valence-electron chi connectivity index (χ1n) is 4.13. The Balaban J connectivity index is 0.000000621. The van der Waals surface area contributed by atoms with Crippen molar-refractivity contribution in [3.8, 4) is 0 Å². The van der Waals surface area contributed by atoms with E-state index in [0.717, 1.165) is 0 Å². The predicted molar refractivity (Wildman–Crippen MR) is 39.0 cm³/mol. The fourth-order valence-electron chi connectivity index (χ4n) is 1.09. The van der Waals surface area contributed by atoms with Crippen LogP contribution in [0.5, 0.6) is 0 Å². The van der Waals surface area contributed by atoms with Gasteiger partial charge >= 0.3 is 30.4 Å². The van der Waals surface area contributed by atoms with Crippen molar-refractivity contribution in [3.63, 3.8) is 0 Å². The molecule has 0 saturated carbocycles. The fourth-order valence-corrected chi connectivity index (χ4v) is 1.09. The van der Waals surface area contributed by atoms with Gasteiger partial charge in [-0.1, -0.05) is 6.58 Å². The molecule has 13 heteroatoms. The highest BCUT2D eigenvalue weighted by Crippen LogP contribution is 2.62. The summed E-state index contributed by atoms with van der Waals surface area (Å²) in [6.07, 6.45) is -5.95. The van der Waals surface area contributed by atoms with Gasteiger partial charge in [-0.15, -0.1) is 17.6 Å². The Morgan fingerprint density at radius 3 is 1.00 bits per heavy atom. The molecular weight excluding hydrogens is 326 g/mol. The molecule has 1 rings (SSSR count).